The number of nitro benzene ring substituents is 1. The number of aryl methyl sites for hydroxylation is 2. The molecule has 1 aliphatic carbocycles. The number of halogens is 1. The fraction of sp³-hybridized carbons (Fsp3) is 0.500. The van der Waals surface area contributed by atoms with Gasteiger partial charge in [0.15, 0.2) is 0 Å². The van der Waals surface area contributed by atoms with Crippen molar-refractivity contribution in [2.24, 2.45) is 0 Å². The van der Waals surface area contributed by atoms with Gasteiger partial charge in [-0.25, -0.2) is 0 Å². The summed E-state index contributed by atoms with van der Waals surface area (Å²) in [5.74, 6) is 0.724. The number of benzene rings is 1. The molecule has 0 amide bonds. The highest BCUT2D eigenvalue weighted by Gasteiger charge is 2.29. The predicted octanol–water partition coefficient (Wildman–Crippen LogP) is 3.36. The van der Waals surface area contributed by atoms with E-state index in [1.807, 2.05) is 6.92 Å². The van der Waals surface area contributed by atoms with Gasteiger partial charge in [-0.05, 0) is 25.5 Å². The molecule has 0 N–H and O–H groups in total. The van der Waals surface area contributed by atoms with Crippen molar-refractivity contribution >= 4 is 17.3 Å². The van der Waals surface area contributed by atoms with Crippen molar-refractivity contribution in [3.63, 3.8) is 0 Å². The van der Waals surface area contributed by atoms with E-state index in [2.05, 4.69) is 0 Å². The molecule has 1 fully saturated rings. The van der Waals surface area contributed by atoms with Gasteiger partial charge < -0.3 is 4.74 Å². The van der Waals surface area contributed by atoms with E-state index < -0.39 is 0 Å². The van der Waals surface area contributed by atoms with Crippen LogP contribution in [0.2, 0.25) is 0 Å². The second-order valence-corrected chi connectivity index (χ2v) is 5.09. The van der Waals surface area contributed by atoms with Crippen LogP contribution >= 0.6 is 11.6 Å². The van der Waals surface area contributed by atoms with Crippen LogP contribution in [0.25, 0.3) is 0 Å². The molecule has 0 aromatic heterocycles. The zero-order chi connectivity index (χ0) is 12.6. The number of nitro groups is 1. The van der Waals surface area contributed by atoms with Gasteiger partial charge in [0, 0.05) is 29.8 Å². The molecule has 1 aliphatic rings. The topological polar surface area (TPSA) is 52.4 Å². The Balaban J connectivity index is 2.18. The SMILES string of the molecule is Cc1cc([N+](=O)[O-])c(C)cc1OC1CC(Cl)C1. The molecule has 4 nitrogen and oxygen atoms in total. The van der Waals surface area contributed by atoms with E-state index in [1.54, 1.807) is 19.1 Å². The highest BCUT2D eigenvalue weighted by atomic mass is 35.5. The molecular weight excluding hydrogens is 242 g/mol. The third kappa shape index (κ3) is 2.52. The fourth-order valence-corrected chi connectivity index (χ4v) is 2.27. The van der Waals surface area contributed by atoms with Gasteiger partial charge in [-0.3, -0.25) is 10.1 Å². The van der Waals surface area contributed by atoms with E-state index >= 15 is 0 Å². The molecule has 0 heterocycles. The Hall–Kier alpha value is -1.29. The number of rotatable bonds is 3. The molecule has 0 spiro atoms. The van der Waals surface area contributed by atoms with Crippen molar-refractivity contribution in [3.05, 3.63) is 33.4 Å². The van der Waals surface area contributed by atoms with Crippen LogP contribution in [0.1, 0.15) is 24.0 Å². The molecular formula is C12H14ClNO3. The van der Waals surface area contributed by atoms with Crippen molar-refractivity contribution in [1.82, 2.24) is 0 Å². The minimum absolute atomic E-state index is 0.138. The lowest BCUT2D eigenvalue weighted by Crippen LogP contribution is -2.34. The van der Waals surface area contributed by atoms with E-state index in [0.717, 1.165) is 24.2 Å². The van der Waals surface area contributed by atoms with Gasteiger partial charge in [-0.15, -0.1) is 11.6 Å². The molecule has 1 aromatic rings. The van der Waals surface area contributed by atoms with Crippen molar-refractivity contribution in [2.45, 2.75) is 38.2 Å². The molecule has 92 valence electrons. The Bertz CT molecular complexity index is 455. The highest BCUT2D eigenvalue weighted by molar-refractivity contribution is 6.21. The van der Waals surface area contributed by atoms with E-state index in [-0.39, 0.29) is 22.1 Å². The first-order valence-corrected chi connectivity index (χ1v) is 5.97. The lowest BCUT2D eigenvalue weighted by molar-refractivity contribution is -0.385. The average Bonchev–Trinajstić information content (AvgIpc) is 2.20. The summed E-state index contributed by atoms with van der Waals surface area (Å²) in [6, 6.07) is 3.29. The van der Waals surface area contributed by atoms with E-state index in [1.165, 1.54) is 0 Å². The van der Waals surface area contributed by atoms with Crippen LogP contribution in [0.15, 0.2) is 12.1 Å². The molecule has 0 aliphatic heterocycles. The van der Waals surface area contributed by atoms with Gasteiger partial charge >= 0.3 is 0 Å². The first-order chi connectivity index (χ1) is 7.97. The van der Waals surface area contributed by atoms with Crippen LogP contribution in [0, 0.1) is 24.0 Å². The maximum atomic E-state index is 10.8. The summed E-state index contributed by atoms with van der Waals surface area (Å²) in [5.41, 5.74) is 1.55. The molecule has 1 aromatic carbocycles. The van der Waals surface area contributed by atoms with Gasteiger partial charge in [-0.2, -0.15) is 0 Å². The third-order valence-electron chi connectivity index (χ3n) is 3.02. The summed E-state index contributed by atoms with van der Waals surface area (Å²) in [5, 5.41) is 11.0. The maximum Gasteiger partial charge on any atom is 0.272 e. The molecule has 0 atom stereocenters. The number of hydrogen-bond acceptors (Lipinski definition) is 3. The molecule has 2 rings (SSSR count). The monoisotopic (exact) mass is 255 g/mol. The summed E-state index contributed by atoms with van der Waals surface area (Å²) in [6.07, 6.45) is 1.84. The fourth-order valence-electron chi connectivity index (χ4n) is 1.88. The van der Waals surface area contributed by atoms with Crippen LogP contribution in [0.5, 0.6) is 5.75 Å². The molecule has 0 unspecified atom stereocenters. The number of nitrogens with zero attached hydrogens (tertiary/aromatic N) is 1. The summed E-state index contributed by atoms with van der Waals surface area (Å²) in [6.45, 7) is 3.54. The Morgan fingerprint density at radius 1 is 1.35 bits per heavy atom. The van der Waals surface area contributed by atoms with Crippen molar-refractivity contribution < 1.29 is 9.66 Å². The second-order valence-electron chi connectivity index (χ2n) is 4.47. The van der Waals surface area contributed by atoms with E-state index in [0.29, 0.717) is 5.56 Å². The molecule has 0 saturated heterocycles. The Morgan fingerprint density at radius 2 is 2.00 bits per heavy atom. The van der Waals surface area contributed by atoms with Gasteiger partial charge in [0.25, 0.3) is 5.69 Å². The molecule has 0 bridgehead atoms. The maximum absolute atomic E-state index is 10.8. The predicted molar refractivity (Wildman–Crippen MR) is 65.9 cm³/mol. The van der Waals surface area contributed by atoms with Crippen molar-refractivity contribution in [3.8, 4) is 5.75 Å². The third-order valence-corrected chi connectivity index (χ3v) is 3.38. The standard InChI is InChI=1S/C12H14ClNO3/c1-7-4-12(17-10-5-9(13)6-10)8(2)3-11(7)14(15)16/h3-4,9-10H,5-6H2,1-2H3. The average molecular weight is 256 g/mol. The van der Waals surface area contributed by atoms with Gasteiger partial charge in [-0.1, -0.05) is 0 Å². The van der Waals surface area contributed by atoms with Crippen LogP contribution < -0.4 is 4.74 Å². The number of ether oxygens (including phenoxy) is 1. The number of hydrogen-bond donors (Lipinski definition) is 0. The van der Waals surface area contributed by atoms with Gasteiger partial charge in [0.05, 0.1) is 4.92 Å². The quantitative estimate of drug-likeness (QED) is 0.473. The summed E-state index contributed by atoms with van der Waals surface area (Å²) >= 11 is 5.88. The van der Waals surface area contributed by atoms with Gasteiger partial charge in [0.2, 0.25) is 0 Å². The van der Waals surface area contributed by atoms with Crippen molar-refractivity contribution in [1.29, 1.82) is 0 Å². The Labute approximate surface area is 105 Å². The Morgan fingerprint density at radius 3 is 2.53 bits per heavy atom. The smallest absolute Gasteiger partial charge is 0.272 e. The summed E-state index contributed by atoms with van der Waals surface area (Å²) in [7, 11) is 0. The zero-order valence-electron chi connectivity index (χ0n) is 9.77. The van der Waals surface area contributed by atoms with Gasteiger partial charge in [0.1, 0.15) is 11.9 Å². The first kappa shape index (κ1) is 12.2. The summed E-state index contributed by atoms with van der Waals surface area (Å²) in [4.78, 5) is 10.4. The lowest BCUT2D eigenvalue weighted by atomic mass is 9.95. The first-order valence-electron chi connectivity index (χ1n) is 5.53. The van der Waals surface area contributed by atoms with E-state index in [4.69, 9.17) is 16.3 Å². The molecule has 0 radical (unpaired) electrons. The zero-order valence-corrected chi connectivity index (χ0v) is 10.5. The summed E-state index contributed by atoms with van der Waals surface area (Å²) < 4.78 is 5.76. The minimum atomic E-state index is -0.371. The van der Waals surface area contributed by atoms with E-state index in [9.17, 15) is 10.1 Å². The number of alkyl halides is 1. The second kappa shape index (κ2) is 4.53. The van der Waals surface area contributed by atoms with Crippen LogP contribution in [0.4, 0.5) is 5.69 Å². The Kier molecular flexibility index (Phi) is 3.24. The van der Waals surface area contributed by atoms with Crippen molar-refractivity contribution in [2.75, 3.05) is 0 Å². The highest BCUT2D eigenvalue weighted by Crippen LogP contribution is 2.33. The van der Waals surface area contributed by atoms with Crippen LogP contribution in [0.3, 0.4) is 0 Å². The normalized spacial score (nSPS) is 23.0. The lowest BCUT2D eigenvalue weighted by Gasteiger charge is -2.31. The molecule has 17 heavy (non-hydrogen) atoms. The largest absolute Gasteiger partial charge is 0.490 e. The molecule has 1 saturated carbocycles. The van der Waals surface area contributed by atoms with Crippen LogP contribution in [-0.4, -0.2) is 16.4 Å². The minimum Gasteiger partial charge on any atom is -0.490 e. The molecule has 5 heteroatoms. The van der Waals surface area contributed by atoms with Crippen LogP contribution in [-0.2, 0) is 0 Å².